The minimum atomic E-state index is -5.08. The molecule has 332 valence electrons. The molecule has 1 fully saturated rings. The molecule has 0 spiro atoms. The predicted molar refractivity (Wildman–Crippen MR) is 207 cm³/mol. The summed E-state index contributed by atoms with van der Waals surface area (Å²) in [6.45, 7) is 5.36. The SMILES string of the molecule is C[C@H]1CN(Cc2cc(F)cc3c2ccn3S(=O)(=O)c2ccccc2)CCN1.O=C(O)C(F)(F)F.O=C(O)C(F)(F)F.O=Cc1cc(F)cc2c1ccn2S(=O)(=O)c1ccccc1. The molecule has 0 unspecified atom stereocenters. The van der Waals surface area contributed by atoms with Crippen LogP contribution in [0.15, 0.2) is 119 Å². The number of nitrogens with zero attached hydrogens (tertiary/aromatic N) is 3. The van der Waals surface area contributed by atoms with Crippen LogP contribution in [0.4, 0.5) is 35.1 Å². The van der Waals surface area contributed by atoms with Crippen molar-refractivity contribution in [2.45, 2.75) is 41.7 Å². The number of aromatic nitrogens is 2. The molecule has 23 heteroatoms. The Morgan fingerprint density at radius 1 is 0.710 bits per heavy atom. The average Bonchev–Trinajstić information content (AvgIpc) is 3.84. The fraction of sp³-hybridized carbons (Fsp3) is 0.205. The lowest BCUT2D eigenvalue weighted by Crippen LogP contribution is -2.48. The van der Waals surface area contributed by atoms with E-state index in [1.54, 1.807) is 54.6 Å². The number of hydrogen-bond acceptors (Lipinski definition) is 9. The van der Waals surface area contributed by atoms with E-state index >= 15 is 0 Å². The van der Waals surface area contributed by atoms with Gasteiger partial charge >= 0.3 is 24.3 Å². The summed E-state index contributed by atoms with van der Waals surface area (Å²) < 4.78 is 145. The third-order valence-electron chi connectivity index (χ3n) is 8.65. The van der Waals surface area contributed by atoms with E-state index in [2.05, 4.69) is 17.1 Å². The minimum absolute atomic E-state index is 0.0967. The van der Waals surface area contributed by atoms with Crippen LogP contribution in [0, 0.1) is 11.6 Å². The lowest BCUT2D eigenvalue weighted by Gasteiger charge is -2.32. The van der Waals surface area contributed by atoms with Gasteiger partial charge in [0.05, 0.1) is 20.8 Å². The molecular formula is C39H34F8N4O9S2. The Morgan fingerprint density at radius 3 is 1.55 bits per heavy atom. The van der Waals surface area contributed by atoms with E-state index < -0.39 is 56.0 Å². The monoisotopic (exact) mass is 918 g/mol. The van der Waals surface area contributed by atoms with Crippen LogP contribution in [0.1, 0.15) is 22.8 Å². The van der Waals surface area contributed by atoms with Gasteiger partial charge in [-0.2, -0.15) is 26.3 Å². The number of nitrogens with one attached hydrogen (secondary N) is 1. The van der Waals surface area contributed by atoms with Crippen molar-refractivity contribution in [1.82, 2.24) is 18.2 Å². The molecule has 0 saturated carbocycles. The Labute approximate surface area is 347 Å². The Hall–Kier alpha value is -6.17. The Kier molecular flexibility index (Phi) is 15.4. The molecule has 7 rings (SSSR count). The van der Waals surface area contributed by atoms with Gasteiger partial charge in [-0.15, -0.1) is 0 Å². The van der Waals surface area contributed by atoms with Crippen molar-refractivity contribution in [3.63, 3.8) is 0 Å². The highest BCUT2D eigenvalue weighted by Crippen LogP contribution is 2.28. The first-order valence-corrected chi connectivity index (χ1v) is 20.5. The molecule has 0 radical (unpaired) electrons. The Balaban J connectivity index is 0.000000213. The molecule has 1 aliphatic rings. The van der Waals surface area contributed by atoms with Crippen LogP contribution < -0.4 is 5.32 Å². The molecule has 1 aliphatic heterocycles. The molecule has 62 heavy (non-hydrogen) atoms. The molecule has 1 saturated heterocycles. The fourth-order valence-corrected chi connectivity index (χ4v) is 8.64. The van der Waals surface area contributed by atoms with E-state index in [-0.39, 0.29) is 20.9 Å². The van der Waals surface area contributed by atoms with Gasteiger partial charge in [-0.1, -0.05) is 36.4 Å². The van der Waals surface area contributed by atoms with E-state index in [0.29, 0.717) is 29.8 Å². The van der Waals surface area contributed by atoms with Crippen molar-refractivity contribution in [2.24, 2.45) is 0 Å². The van der Waals surface area contributed by atoms with Gasteiger partial charge in [0.15, 0.2) is 6.29 Å². The summed E-state index contributed by atoms with van der Waals surface area (Å²) in [5, 5.41) is 18.8. The quantitative estimate of drug-likeness (QED) is 0.112. The number of fused-ring (bicyclic) bond motifs is 2. The summed E-state index contributed by atoms with van der Waals surface area (Å²) in [6.07, 6.45) is -6.83. The van der Waals surface area contributed by atoms with Crippen LogP contribution in [-0.2, 0) is 36.2 Å². The van der Waals surface area contributed by atoms with Gasteiger partial charge in [-0.3, -0.25) is 9.69 Å². The summed E-state index contributed by atoms with van der Waals surface area (Å²) in [6, 6.07) is 24.6. The number of carboxylic acid groups (broad SMARTS) is 2. The van der Waals surface area contributed by atoms with E-state index in [0.717, 1.165) is 46.7 Å². The van der Waals surface area contributed by atoms with Crippen molar-refractivity contribution in [1.29, 1.82) is 0 Å². The van der Waals surface area contributed by atoms with Gasteiger partial charge in [0.25, 0.3) is 20.0 Å². The smallest absolute Gasteiger partial charge is 0.475 e. The number of carbonyl (C=O) groups is 3. The molecule has 2 aromatic heterocycles. The van der Waals surface area contributed by atoms with Gasteiger partial charge in [0.1, 0.15) is 11.6 Å². The first-order valence-electron chi connectivity index (χ1n) is 17.6. The van der Waals surface area contributed by atoms with Crippen molar-refractivity contribution < 1.29 is 76.6 Å². The second kappa shape index (κ2) is 19.7. The van der Waals surface area contributed by atoms with Crippen molar-refractivity contribution in [3.8, 4) is 0 Å². The number of benzene rings is 4. The number of aldehydes is 1. The number of carbonyl (C=O) groups excluding carboxylic acids is 1. The lowest BCUT2D eigenvalue weighted by molar-refractivity contribution is -0.193. The van der Waals surface area contributed by atoms with Crippen LogP contribution in [-0.4, -0.2) is 96.1 Å². The van der Waals surface area contributed by atoms with Crippen LogP contribution in [0.5, 0.6) is 0 Å². The maximum absolute atomic E-state index is 14.3. The highest BCUT2D eigenvalue weighted by atomic mass is 32.2. The topological polar surface area (TPSA) is 185 Å². The zero-order valence-corrected chi connectivity index (χ0v) is 33.4. The van der Waals surface area contributed by atoms with E-state index in [9.17, 15) is 56.8 Å². The maximum Gasteiger partial charge on any atom is 0.490 e. The van der Waals surface area contributed by atoms with Crippen LogP contribution in [0.2, 0.25) is 0 Å². The highest BCUT2D eigenvalue weighted by molar-refractivity contribution is 7.90. The normalized spacial score (nSPS) is 14.7. The van der Waals surface area contributed by atoms with Gasteiger partial charge < -0.3 is 15.5 Å². The summed E-state index contributed by atoms with van der Waals surface area (Å²) >= 11 is 0. The van der Waals surface area contributed by atoms with Crippen LogP contribution >= 0.6 is 0 Å². The third kappa shape index (κ3) is 12.0. The van der Waals surface area contributed by atoms with Crippen LogP contribution in [0.3, 0.4) is 0 Å². The third-order valence-corrected chi connectivity index (χ3v) is 12.1. The predicted octanol–water partition coefficient (Wildman–Crippen LogP) is 6.91. The molecule has 4 aromatic carbocycles. The summed E-state index contributed by atoms with van der Waals surface area (Å²) in [4.78, 5) is 31.3. The zero-order chi connectivity index (χ0) is 46.2. The van der Waals surface area contributed by atoms with Crippen LogP contribution in [0.25, 0.3) is 21.8 Å². The van der Waals surface area contributed by atoms with Gasteiger partial charge in [-0.25, -0.2) is 43.2 Å². The fourth-order valence-electron chi connectivity index (χ4n) is 5.92. The second-order valence-electron chi connectivity index (χ2n) is 13.1. The second-order valence-corrected chi connectivity index (χ2v) is 16.7. The summed E-state index contributed by atoms with van der Waals surface area (Å²) in [5.74, 6) is -6.60. The molecule has 6 aromatic rings. The van der Waals surface area contributed by atoms with E-state index in [1.165, 1.54) is 46.7 Å². The molecular weight excluding hydrogens is 885 g/mol. The first-order chi connectivity index (χ1) is 28.9. The molecule has 3 N–H and O–H groups in total. The number of alkyl halides is 6. The van der Waals surface area contributed by atoms with E-state index in [4.69, 9.17) is 19.8 Å². The number of piperazine rings is 1. The van der Waals surface area contributed by atoms with Crippen molar-refractivity contribution >= 4 is 60.1 Å². The molecule has 13 nitrogen and oxygen atoms in total. The molecule has 0 bridgehead atoms. The molecule has 0 amide bonds. The maximum atomic E-state index is 14.3. The van der Waals surface area contributed by atoms with Crippen molar-refractivity contribution in [3.05, 3.63) is 132 Å². The molecule has 3 heterocycles. The van der Waals surface area contributed by atoms with E-state index in [1.807, 2.05) is 0 Å². The Bertz CT molecular complexity index is 2740. The Morgan fingerprint density at radius 2 is 1.13 bits per heavy atom. The number of hydrogen-bond donors (Lipinski definition) is 3. The number of aliphatic carboxylic acids is 2. The molecule has 1 atom stereocenters. The number of carboxylic acids is 2. The molecule has 0 aliphatic carbocycles. The minimum Gasteiger partial charge on any atom is -0.475 e. The van der Waals surface area contributed by atoms with Gasteiger partial charge in [-0.05, 0) is 73.2 Å². The average molecular weight is 919 g/mol. The summed E-state index contributed by atoms with van der Waals surface area (Å²) in [5.41, 5.74) is 1.44. The number of rotatable bonds is 7. The first kappa shape index (κ1) is 48.5. The number of halogens is 8. The van der Waals surface area contributed by atoms with Gasteiger partial charge in [0.2, 0.25) is 0 Å². The lowest BCUT2D eigenvalue weighted by atomic mass is 10.1. The largest absolute Gasteiger partial charge is 0.490 e. The zero-order valence-electron chi connectivity index (χ0n) is 31.8. The van der Waals surface area contributed by atoms with Gasteiger partial charge in [0, 0.05) is 61.0 Å². The highest BCUT2D eigenvalue weighted by Gasteiger charge is 2.39. The summed E-state index contributed by atoms with van der Waals surface area (Å²) in [7, 11) is -7.60. The standard InChI is InChI=1S/C20H22FN3O2S.C15H10FNO3S.2C2HF3O2/c1-15-13-23(10-8-22-15)14-16-11-17(21)12-20-19(16)7-9-24(20)27(25,26)18-5-3-2-4-6-18;16-12-8-11(10-18)14-6-7-17(15(14)9-12)21(19,20)13-4-2-1-3-5-13;2*3-2(4,5)1(6)7/h2-7,9,11-12,15,22H,8,10,13-14H2,1H3;1-10H;2*(H,6,7)/t15-;;;/m0.../s1. The van der Waals surface area contributed by atoms with Crippen molar-refractivity contribution in [2.75, 3.05) is 19.6 Å².